The predicted octanol–water partition coefficient (Wildman–Crippen LogP) is 2.66. The van der Waals surface area contributed by atoms with Crippen molar-refractivity contribution in [1.29, 1.82) is 0 Å². The average Bonchev–Trinajstić information content (AvgIpc) is 2.76. The molecule has 2 aromatic rings. The minimum absolute atomic E-state index is 0.197. The summed E-state index contributed by atoms with van der Waals surface area (Å²) in [6.07, 6.45) is 1.32. The summed E-state index contributed by atoms with van der Waals surface area (Å²) in [6.45, 7) is 0. The topological polar surface area (TPSA) is 55.0 Å². The van der Waals surface area contributed by atoms with E-state index in [2.05, 4.69) is 14.7 Å². The van der Waals surface area contributed by atoms with Gasteiger partial charge in [-0.25, -0.2) is 14.2 Å². The lowest BCUT2D eigenvalue weighted by Crippen LogP contribution is -2.00. The number of methoxy groups -OCH3 is 1. The van der Waals surface area contributed by atoms with Crippen LogP contribution in [-0.2, 0) is 4.74 Å². The summed E-state index contributed by atoms with van der Waals surface area (Å²) < 4.78 is 17.7. The van der Waals surface area contributed by atoms with E-state index in [1.54, 1.807) is 6.07 Å². The molecule has 17 heavy (non-hydrogen) atoms. The van der Waals surface area contributed by atoms with Gasteiger partial charge in [0.15, 0.2) is 0 Å². The predicted molar refractivity (Wildman–Crippen MR) is 60.3 cm³/mol. The molecule has 0 radical (unpaired) electrons. The number of ether oxygens (including phenoxy) is 1. The first-order valence-corrected chi connectivity index (χ1v) is 5.07. The molecule has 0 saturated heterocycles. The third-order valence-electron chi connectivity index (χ3n) is 2.12. The van der Waals surface area contributed by atoms with Gasteiger partial charge in [0.05, 0.1) is 13.3 Å². The van der Waals surface area contributed by atoms with Gasteiger partial charge in [-0.2, -0.15) is 0 Å². The Morgan fingerprint density at radius 3 is 2.88 bits per heavy atom. The van der Waals surface area contributed by atoms with Crippen LogP contribution in [0.25, 0.3) is 11.4 Å². The van der Waals surface area contributed by atoms with Crippen LogP contribution in [0.5, 0.6) is 0 Å². The summed E-state index contributed by atoms with van der Waals surface area (Å²) in [5.74, 6) is -0.651. The Bertz CT molecular complexity index is 548. The van der Waals surface area contributed by atoms with Gasteiger partial charge < -0.3 is 9.72 Å². The third-order valence-corrected chi connectivity index (χ3v) is 2.34. The lowest BCUT2D eigenvalue weighted by atomic mass is 10.2. The zero-order valence-electron chi connectivity index (χ0n) is 8.83. The van der Waals surface area contributed by atoms with Crippen molar-refractivity contribution in [2.24, 2.45) is 0 Å². The molecule has 6 heteroatoms. The van der Waals surface area contributed by atoms with Gasteiger partial charge >= 0.3 is 5.97 Å². The molecular formula is C11H8ClFN2O2. The number of nitrogens with one attached hydrogen (secondary N) is 1. The van der Waals surface area contributed by atoms with E-state index in [0.29, 0.717) is 11.4 Å². The van der Waals surface area contributed by atoms with Gasteiger partial charge in [0.25, 0.3) is 0 Å². The van der Waals surface area contributed by atoms with E-state index in [-0.39, 0.29) is 10.7 Å². The highest BCUT2D eigenvalue weighted by Gasteiger charge is 2.11. The number of imidazole rings is 1. The molecule has 1 heterocycles. The Labute approximate surface area is 101 Å². The van der Waals surface area contributed by atoms with Gasteiger partial charge in [-0.05, 0) is 18.2 Å². The second kappa shape index (κ2) is 4.55. The maximum atomic E-state index is 13.1. The lowest BCUT2D eigenvalue weighted by molar-refractivity contribution is 0.0595. The highest BCUT2D eigenvalue weighted by molar-refractivity contribution is 6.30. The normalized spacial score (nSPS) is 10.3. The Morgan fingerprint density at radius 2 is 2.24 bits per heavy atom. The van der Waals surface area contributed by atoms with Crippen LogP contribution in [0.3, 0.4) is 0 Å². The zero-order valence-corrected chi connectivity index (χ0v) is 9.58. The maximum Gasteiger partial charge on any atom is 0.356 e. The van der Waals surface area contributed by atoms with Crippen LogP contribution in [-0.4, -0.2) is 23.0 Å². The molecule has 1 N–H and O–H groups in total. The van der Waals surface area contributed by atoms with Gasteiger partial charge in [-0.15, -0.1) is 0 Å². The molecular weight excluding hydrogens is 247 g/mol. The van der Waals surface area contributed by atoms with E-state index in [1.807, 2.05) is 0 Å². The number of H-pyrrole nitrogens is 1. The van der Waals surface area contributed by atoms with Crippen molar-refractivity contribution >= 4 is 17.6 Å². The number of hydrogen-bond acceptors (Lipinski definition) is 3. The molecule has 0 atom stereocenters. The summed E-state index contributed by atoms with van der Waals surface area (Å²) in [5.41, 5.74) is 0.660. The third kappa shape index (κ3) is 2.45. The van der Waals surface area contributed by atoms with Gasteiger partial charge in [0.2, 0.25) is 0 Å². The van der Waals surface area contributed by atoms with Crippen molar-refractivity contribution in [2.45, 2.75) is 0 Å². The Morgan fingerprint density at radius 1 is 1.47 bits per heavy atom. The number of nitrogens with zero attached hydrogens (tertiary/aromatic N) is 1. The van der Waals surface area contributed by atoms with Crippen LogP contribution in [0, 0.1) is 5.82 Å². The second-order valence-electron chi connectivity index (χ2n) is 3.30. The molecule has 0 aliphatic carbocycles. The molecule has 0 aliphatic rings. The fourth-order valence-corrected chi connectivity index (χ4v) is 1.59. The van der Waals surface area contributed by atoms with Gasteiger partial charge in [-0.3, -0.25) is 0 Å². The van der Waals surface area contributed by atoms with E-state index in [9.17, 15) is 9.18 Å². The molecule has 0 amide bonds. The highest BCUT2D eigenvalue weighted by atomic mass is 35.5. The van der Waals surface area contributed by atoms with Crippen molar-refractivity contribution in [3.8, 4) is 11.4 Å². The van der Waals surface area contributed by atoms with E-state index >= 15 is 0 Å². The number of aromatic amines is 1. The number of carbonyl (C=O) groups excluding carboxylic acids is 1. The molecule has 2 rings (SSSR count). The average molecular weight is 255 g/mol. The van der Waals surface area contributed by atoms with Crippen LogP contribution in [0.2, 0.25) is 5.02 Å². The molecule has 0 saturated carbocycles. The fourth-order valence-electron chi connectivity index (χ4n) is 1.37. The molecule has 0 bridgehead atoms. The van der Waals surface area contributed by atoms with Gasteiger partial charge in [0.1, 0.15) is 17.3 Å². The molecule has 0 fully saturated rings. The number of halogens is 2. The van der Waals surface area contributed by atoms with Crippen LogP contribution < -0.4 is 0 Å². The zero-order chi connectivity index (χ0) is 12.4. The number of esters is 1. The fraction of sp³-hybridized carbons (Fsp3) is 0.0909. The van der Waals surface area contributed by atoms with Crippen LogP contribution >= 0.6 is 11.6 Å². The van der Waals surface area contributed by atoms with Crippen molar-refractivity contribution in [3.05, 3.63) is 40.9 Å². The van der Waals surface area contributed by atoms with Crippen LogP contribution in [0.4, 0.5) is 4.39 Å². The summed E-state index contributed by atoms with van der Waals surface area (Å²) in [6, 6.07) is 4.01. The number of rotatable bonds is 2. The monoisotopic (exact) mass is 254 g/mol. The van der Waals surface area contributed by atoms with Crippen molar-refractivity contribution in [2.75, 3.05) is 7.11 Å². The summed E-state index contributed by atoms with van der Waals surface area (Å²) >= 11 is 5.72. The highest BCUT2D eigenvalue weighted by Crippen LogP contribution is 2.22. The summed E-state index contributed by atoms with van der Waals surface area (Å²) in [7, 11) is 1.27. The smallest absolute Gasteiger partial charge is 0.356 e. The Kier molecular flexibility index (Phi) is 3.10. The largest absolute Gasteiger partial charge is 0.464 e. The van der Waals surface area contributed by atoms with E-state index in [1.165, 1.54) is 25.4 Å². The van der Waals surface area contributed by atoms with Crippen molar-refractivity contribution in [1.82, 2.24) is 9.97 Å². The minimum atomic E-state index is -0.536. The molecule has 1 aromatic carbocycles. The van der Waals surface area contributed by atoms with E-state index in [4.69, 9.17) is 11.6 Å². The number of aromatic nitrogens is 2. The Hall–Kier alpha value is -1.88. The molecule has 4 nitrogen and oxygen atoms in total. The molecule has 0 spiro atoms. The van der Waals surface area contributed by atoms with E-state index < -0.39 is 11.8 Å². The quantitative estimate of drug-likeness (QED) is 0.839. The lowest BCUT2D eigenvalue weighted by Gasteiger charge is -1.98. The van der Waals surface area contributed by atoms with Crippen LogP contribution in [0.1, 0.15) is 10.5 Å². The molecule has 0 aliphatic heterocycles. The van der Waals surface area contributed by atoms with Gasteiger partial charge in [-0.1, -0.05) is 11.6 Å². The number of carbonyl (C=O) groups is 1. The first-order valence-electron chi connectivity index (χ1n) is 4.70. The maximum absolute atomic E-state index is 13.1. The number of benzene rings is 1. The first kappa shape index (κ1) is 11.6. The molecule has 1 aromatic heterocycles. The SMILES string of the molecule is COC(=O)c1cnc(-c2cc(F)cc(Cl)c2)[nH]1. The Balaban J connectivity index is 2.40. The van der Waals surface area contributed by atoms with Gasteiger partial charge in [0, 0.05) is 10.6 Å². The van der Waals surface area contributed by atoms with Crippen molar-refractivity contribution < 1.29 is 13.9 Å². The number of hydrogen-bond donors (Lipinski definition) is 1. The first-order chi connectivity index (χ1) is 8.10. The molecule has 0 unspecified atom stereocenters. The van der Waals surface area contributed by atoms with Crippen molar-refractivity contribution in [3.63, 3.8) is 0 Å². The summed E-state index contributed by atoms with van der Waals surface area (Å²) in [4.78, 5) is 17.9. The van der Waals surface area contributed by atoms with E-state index in [0.717, 1.165) is 0 Å². The van der Waals surface area contributed by atoms with Crippen LogP contribution in [0.15, 0.2) is 24.4 Å². The second-order valence-corrected chi connectivity index (χ2v) is 3.73. The minimum Gasteiger partial charge on any atom is -0.464 e. The summed E-state index contributed by atoms with van der Waals surface area (Å²) in [5, 5.41) is 0.260. The standard InChI is InChI=1S/C11H8ClFN2O2/c1-17-11(16)9-5-14-10(15-9)6-2-7(12)4-8(13)3-6/h2-5H,1H3,(H,14,15). The molecule has 88 valence electrons.